The zero-order valence-electron chi connectivity index (χ0n) is 16.5. The van der Waals surface area contributed by atoms with Gasteiger partial charge in [0.25, 0.3) is 5.91 Å². The van der Waals surface area contributed by atoms with Crippen LogP contribution in [0.3, 0.4) is 0 Å². The number of amides is 2. The first-order valence-corrected chi connectivity index (χ1v) is 10.2. The largest absolute Gasteiger partial charge is 0.495 e. The molecule has 0 saturated carbocycles. The van der Waals surface area contributed by atoms with Gasteiger partial charge in [-0.3, -0.25) is 9.59 Å². The summed E-state index contributed by atoms with van der Waals surface area (Å²) in [5, 5.41) is 6.28. The summed E-state index contributed by atoms with van der Waals surface area (Å²) in [6.45, 7) is 1.69. The molecule has 0 bridgehead atoms. The normalized spacial score (nSPS) is 14.1. The summed E-state index contributed by atoms with van der Waals surface area (Å²) >= 11 is 6.08. The van der Waals surface area contributed by atoms with Crippen LogP contribution in [-0.4, -0.2) is 43.5 Å². The minimum atomic E-state index is -0.213. The number of carbonyl (C=O) groups is 2. The summed E-state index contributed by atoms with van der Waals surface area (Å²) < 4.78 is 5.10. The SMILES string of the molecule is COc1ccc(NC(=O)CNc2cccc(C(=O)N3CCCCCC3)c2)cc1Cl. The summed E-state index contributed by atoms with van der Waals surface area (Å²) in [6, 6.07) is 12.3. The number of rotatable bonds is 6. The van der Waals surface area contributed by atoms with Crippen LogP contribution in [0.1, 0.15) is 36.0 Å². The number of anilines is 2. The molecule has 0 atom stereocenters. The van der Waals surface area contributed by atoms with Crippen LogP contribution < -0.4 is 15.4 Å². The van der Waals surface area contributed by atoms with E-state index in [0.717, 1.165) is 31.6 Å². The number of hydrogen-bond donors (Lipinski definition) is 2. The van der Waals surface area contributed by atoms with Crippen molar-refractivity contribution >= 4 is 34.8 Å². The first-order chi connectivity index (χ1) is 14.1. The Morgan fingerprint density at radius 1 is 1.03 bits per heavy atom. The molecule has 0 spiro atoms. The number of carbonyl (C=O) groups excluding carboxylic acids is 2. The van der Waals surface area contributed by atoms with Crippen molar-refractivity contribution in [1.29, 1.82) is 0 Å². The molecular weight excluding hydrogens is 390 g/mol. The molecule has 1 aliphatic rings. The Hall–Kier alpha value is -2.73. The van der Waals surface area contributed by atoms with E-state index in [1.807, 2.05) is 23.1 Å². The second-order valence-electron chi connectivity index (χ2n) is 7.04. The highest BCUT2D eigenvalue weighted by Crippen LogP contribution is 2.27. The number of benzene rings is 2. The van der Waals surface area contributed by atoms with Gasteiger partial charge in [0.05, 0.1) is 18.7 Å². The number of likely N-dealkylation sites (tertiary alicyclic amines) is 1. The van der Waals surface area contributed by atoms with Gasteiger partial charge < -0.3 is 20.3 Å². The van der Waals surface area contributed by atoms with Crippen LogP contribution in [0.15, 0.2) is 42.5 Å². The molecule has 0 radical (unpaired) electrons. The molecule has 2 aromatic carbocycles. The van der Waals surface area contributed by atoms with Crippen LogP contribution >= 0.6 is 11.6 Å². The highest BCUT2D eigenvalue weighted by Gasteiger charge is 2.17. The molecule has 2 N–H and O–H groups in total. The second kappa shape index (κ2) is 10.2. The fourth-order valence-electron chi connectivity index (χ4n) is 3.35. The fraction of sp³-hybridized carbons (Fsp3) is 0.364. The van der Waals surface area contributed by atoms with E-state index in [1.165, 1.54) is 20.0 Å². The first-order valence-electron chi connectivity index (χ1n) is 9.83. The lowest BCUT2D eigenvalue weighted by Gasteiger charge is -2.20. The highest BCUT2D eigenvalue weighted by molar-refractivity contribution is 6.32. The molecule has 1 aliphatic heterocycles. The number of nitrogens with one attached hydrogen (secondary N) is 2. The van der Waals surface area contributed by atoms with E-state index in [4.69, 9.17) is 16.3 Å². The number of hydrogen-bond acceptors (Lipinski definition) is 4. The smallest absolute Gasteiger partial charge is 0.253 e. The third-order valence-electron chi connectivity index (χ3n) is 4.89. The van der Waals surface area contributed by atoms with Gasteiger partial charge in [-0.05, 0) is 49.2 Å². The summed E-state index contributed by atoms with van der Waals surface area (Å²) in [7, 11) is 1.54. The average molecular weight is 416 g/mol. The van der Waals surface area contributed by atoms with Gasteiger partial charge in [-0.25, -0.2) is 0 Å². The number of methoxy groups -OCH3 is 1. The van der Waals surface area contributed by atoms with Gasteiger partial charge in [0.1, 0.15) is 5.75 Å². The second-order valence-corrected chi connectivity index (χ2v) is 7.45. The van der Waals surface area contributed by atoms with Crippen molar-refractivity contribution in [3.63, 3.8) is 0 Å². The Bertz CT molecular complexity index is 864. The van der Waals surface area contributed by atoms with Crippen molar-refractivity contribution in [1.82, 2.24) is 4.90 Å². The molecule has 29 heavy (non-hydrogen) atoms. The van der Waals surface area contributed by atoms with E-state index in [0.29, 0.717) is 22.0 Å². The van der Waals surface area contributed by atoms with Crippen LogP contribution in [0.5, 0.6) is 5.75 Å². The third kappa shape index (κ3) is 5.87. The van der Waals surface area contributed by atoms with Crippen LogP contribution in [-0.2, 0) is 4.79 Å². The summed E-state index contributed by atoms with van der Waals surface area (Å²) in [4.78, 5) is 26.9. The van der Waals surface area contributed by atoms with Crippen molar-refractivity contribution in [3.05, 3.63) is 53.1 Å². The maximum atomic E-state index is 12.8. The van der Waals surface area contributed by atoms with Gasteiger partial charge >= 0.3 is 0 Å². The molecule has 0 unspecified atom stereocenters. The molecule has 1 fully saturated rings. The van der Waals surface area contributed by atoms with E-state index in [2.05, 4.69) is 10.6 Å². The number of nitrogens with zero attached hydrogens (tertiary/aromatic N) is 1. The first kappa shape index (κ1) is 21.0. The van der Waals surface area contributed by atoms with Gasteiger partial charge in [0.15, 0.2) is 0 Å². The van der Waals surface area contributed by atoms with Gasteiger partial charge in [0, 0.05) is 30.0 Å². The van der Waals surface area contributed by atoms with Crippen LogP contribution in [0.25, 0.3) is 0 Å². The fourth-order valence-corrected chi connectivity index (χ4v) is 3.61. The Morgan fingerprint density at radius 2 is 1.79 bits per heavy atom. The van der Waals surface area contributed by atoms with Gasteiger partial charge in [-0.15, -0.1) is 0 Å². The Kier molecular flexibility index (Phi) is 7.36. The number of halogens is 1. The van der Waals surface area contributed by atoms with Gasteiger partial charge in [0.2, 0.25) is 5.91 Å². The maximum Gasteiger partial charge on any atom is 0.253 e. The molecule has 154 valence electrons. The lowest BCUT2D eigenvalue weighted by Crippen LogP contribution is -2.31. The molecule has 0 aromatic heterocycles. The molecule has 7 heteroatoms. The maximum absolute atomic E-state index is 12.8. The van der Waals surface area contributed by atoms with Crippen LogP contribution in [0, 0.1) is 0 Å². The van der Waals surface area contributed by atoms with E-state index in [9.17, 15) is 9.59 Å². The third-order valence-corrected chi connectivity index (χ3v) is 5.19. The molecule has 6 nitrogen and oxygen atoms in total. The molecule has 1 heterocycles. The van der Waals surface area contributed by atoms with Crippen molar-refractivity contribution in [2.75, 3.05) is 37.4 Å². The minimum absolute atomic E-state index is 0.0490. The van der Waals surface area contributed by atoms with Crippen molar-refractivity contribution in [2.24, 2.45) is 0 Å². The van der Waals surface area contributed by atoms with Gasteiger partial charge in [-0.1, -0.05) is 30.5 Å². The van der Waals surface area contributed by atoms with Crippen molar-refractivity contribution < 1.29 is 14.3 Å². The Morgan fingerprint density at radius 3 is 2.48 bits per heavy atom. The van der Waals surface area contributed by atoms with E-state index < -0.39 is 0 Å². The molecule has 1 saturated heterocycles. The average Bonchev–Trinajstić information content (AvgIpc) is 3.02. The van der Waals surface area contributed by atoms with E-state index >= 15 is 0 Å². The highest BCUT2D eigenvalue weighted by atomic mass is 35.5. The Balaban J connectivity index is 1.56. The molecule has 3 rings (SSSR count). The standard InChI is InChI=1S/C22H26ClN3O3/c1-29-20-10-9-18(14-19(20)23)25-21(27)15-24-17-8-6-7-16(13-17)22(28)26-11-4-2-3-5-12-26/h6-10,13-14,24H,2-5,11-12,15H2,1H3,(H,25,27). The predicted molar refractivity (Wildman–Crippen MR) is 116 cm³/mol. The summed E-state index contributed by atoms with van der Waals surface area (Å²) in [6.07, 6.45) is 4.47. The lowest BCUT2D eigenvalue weighted by molar-refractivity contribution is -0.114. The minimum Gasteiger partial charge on any atom is -0.495 e. The predicted octanol–water partition coefficient (Wildman–Crippen LogP) is 4.42. The molecule has 2 amide bonds. The van der Waals surface area contributed by atoms with E-state index in [1.54, 1.807) is 24.3 Å². The van der Waals surface area contributed by atoms with Crippen molar-refractivity contribution in [2.45, 2.75) is 25.7 Å². The van der Waals surface area contributed by atoms with Crippen LogP contribution in [0.2, 0.25) is 5.02 Å². The summed E-state index contributed by atoms with van der Waals surface area (Å²) in [5.74, 6) is 0.386. The Labute approximate surface area is 176 Å². The zero-order chi connectivity index (χ0) is 20.6. The van der Waals surface area contributed by atoms with E-state index in [-0.39, 0.29) is 18.4 Å². The topological polar surface area (TPSA) is 70.7 Å². The van der Waals surface area contributed by atoms with Crippen LogP contribution in [0.4, 0.5) is 11.4 Å². The zero-order valence-corrected chi connectivity index (χ0v) is 17.3. The molecule has 2 aromatic rings. The van der Waals surface area contributed by atoms with Gasteiger partial charge in [-0.2, -0.15) is 0 Å². The summed E-state index contributed by atoms with van der Waals surface area (Å²) in [5.41, 5.74) is 1.96. The number of ether oxygens (including phenoxy) is 1. The monoisotopic (exact) mass is 415 g/mol. The van der Waals surface area contributed by atoms with Crippen molar-refractivity contribution in [3.8, 4) is 5.75 Å². The molecule has 0 aliphatic carbocycles. The quantitative estimate of drug-likeness (QED) is 0.732. The molecular formula is C22H26ClN3O3. The lowest BCUT2D eigenvalue weighted by atomic mass is 10.1.